The maximum Gasteiger partial charge on any atom is 0.336 e. The van der Waals surface area contributed by atoms with Crippen molar-refractivity contribution in [3.63, 3.8) is 0 Å². The number of hydrogen-bond donors (Lipinski definition) is 1. The van der Waals surface area contributed by atoms with E-state index in [9.17, 15) is 9.59 Å². The Morgan fingerprint density at radius 2 is 1.92 bits per heavy atom. The Kier molecular flexibility index (Phi) is 4.93. The van der Waals surface area contributed by atoms with Gasteiger partial charge < -0.3 is 10.1 Å². The molecule has 2 aliphatic rings. The molecule has 0 saturated carbocycles. The van der Waals surface area contributed by atoms with Crippen LogP contribution in [0.25, 0.3) is 0 Å². The summed E-state index contributed by atoms with van der Waals surface area (Å²) in [6.45, 7) is 5.87. The highest BCUT2D eigenvalue weighted by Gasteiger charge is 2.46. The first kappa shape index (κ1) is 19.0. The number of Topliss-reactive ketones (excluding diaryl/α,β-unsaturated/α-hetero) is 1. The normalized spacial score (nSPS) is 24.5. The zero-order valence-electron chi connectivity index (χ0n) is 15.2. The highest BCUT2D eigenvalue weighted by molar-refractivity contribution is 6.42. The molecule has 3 rings (SSSR count). The number of carbonyl (C=O) groups is 2. The standard InChI is InChI=1S/C20H21Cl2NO3/c1-10-16(19(25)26-4)17(11-5-6-12(21)13(22)7-11)18-14(23-10)8-20(2,3)9-15(18)24/h5-8,17-18,23H,9H2,1-4H3. The first-order chi connectivity index (χ1) is 12.1. The van der Waals surface area contributed by atoms with E-state index in [-0.39, 0.29) is 11.2 Å². The largest absolute Gasteiger partial charge is 0.466 e. The second-order valence-corrected chi connectivity index (χ2v) is 8.33. The molecule has 1 aromatic carbocycles. The molecule has 2 atom stereocenters. The number of ketones is 1. The minimum absolute atomic E-state index is 0.0879. The summed E-state index contributed by atoms with van der Waals surface area (Å²) in [4.78, 5) is 25.5. The number of nitrogens with one attached hydrogen (secondary N) is 1. The van der Waals surface area contributed by atoms with E-state index in [1.54, 1.807) is 12.1 Å². The average Bonchev–Trinajstić information content (AvgIpc) is 2.54. The van der Waals surface area contributed by atoms with Crippen molar-refractivity contribution in [3.05, 3.63) is 56.9 Å². The topological polar surface area (TPSA) is 55.4 Å². The van der Waals surface area contributed by atoms with Crippen LogP contribution in [-0.2, 0) is 14.3 Å². The van der Waals surface area contributed by atoms with E-state index in [1.165, 1.54) is 7.11 Å². The van der Waals surface area contributed by atoms with Crippen molar-refractivity contribution in [3.8, 4) is 0 Å². The molecule has 0 amide bonds. The molecular formula is C20H21Cl2NO3. The van der Waals surface area contributed by atoms with Gasteiger partial charge in [-0.25, -0.2) is 4.79 Å². The summed E-state index contributed by atoms with van der Waals surface area (Å²) in [5.41, 5.74) is 2.49. The molecule has 26 heavy (non-hydrogen) atoms. The summed E-state index contributed by atoms with van der Waals surface area (Å²) in [5.74, 6) is -1.31. The molecule has 0 fully saturated rings. The molecule has 1 aromatic rings. The molecule has 0 aromatic heterocycles. The number of ether oxygens (including phenoxy) is 1. The molecule has 138 valence electrons. The minimum atomic E-state index is -0.474. The number of esters is 1. The predicted octanol–water partition coefficient (Wildman–Crippen LogP) is 4.63. The molecule has 0 saturated heterocycles. The van der Waals surface area contributed by atoms with E-state index in [1.807, 2.05) is 26.8 Å². The number of allylic oxidation sites excluding steroid dienone is 3. The number of rotatable bonds is 2. The molecule has 1 aliphatic heterocycles. The van der Waals surface area contributed by atoms with Gasteiger partial charge in [-0.3, -0.25) is 4.79 Å². The lowest BCUT2D eigenvalue weighted by Crippen LogP contribution is -2.43. The first-order valence-electron chi connectivity index (χ1n) is 8.41. The van der Waals surface area contributed by atoms with Crippen LogP contribution in [0.4, 0.5) is 0 Å². The number of carbonyl (C=O) groups excluding carboxylic acids is 2. The van der Waals surface area contributed by atoms with Crippen LogP contribution in [0.2, 0.25) is 10.0 Å². The molecule has 1 aliphatic carbocycles. The van der Waals surface area contributed by atoms with E-state index in [0.29, 0.717) is 27.7 Å². The molecule has 1 heterocycles. The van der Waals surface area contributed by atoms with Gasteiger partial charge >= 0.3 is 5.97 Å². The summed E-state index contributed by atoms with van der Waals surface area (Å²) in [6, 6.07) is 5.22. The Bertz CT molecular complexity index is 855. The van der Waals surface area contributed by atoms with Crippen molar-refractivity contribution in [1.29, 1.82) is 0 Å². The fraction of sp³-hybridized carbons (Fsp3) is 0.400. The van der Waals surface area contributed by atoms with Gasteiger partial charge in [0.15, 0.2) is 0 Å². The predicted molar refractivity (Wildman–Crippen MR) is 102 cm³/mol. The molecular weight excluding hydrogens is 373 g/mol. The van der Waals surface area contributed by atoms with Crippen LogP contribution in [0.5, 0.6) is 0 Å². The summed E-state index contributed by atoms with van der Waals surface area (Å²) in [7, 11) is 1.34. The fourth-order valence-electron chi connectivity index (χ4n) is 3.91. The molecule has 0 radical (unpaired) electrons. The summed E-state index contributed by atoms with van der Waals surface area (Å²) >= 11 is 12.3. The number of methoxy groups -OCH3 is 1. The Balaban J connectivity index is 2.23. The van der Waals surface area contributed by atoms with Gasteiger partial charge in [-0.1, -0.05) is 49.2 Å². The van der Waals surface area contributed by atoms with Gasteiger partial charge in [0.05, 0.1) is 28.6 Å². The summed E-state index contributed by atoms with van der Waals surface area (Å²) in [6.07, 6.45) is 2.50. The zero-order valence-corrected chi connectivity index (χ0v) is 16.7. The lowest BCUT2D eigenvalue weighted by Gasteiger charge is -2.41. The highest BCUT2D eigenvalue weighted by atomic mass is 35.5. The maximum absolute atomic E-state index is 13.0. The highest BCUT2D eigenvalue weighted by Crippen LogP contribution is 2.47. The van der Waals surface area contributed by atoms with Crippen molar-refractivity contribution in [2.75, 3.05) is 7.11 Å². The van der Waals surface area contributed by atoms with Crippen LogP contribution in [0.15, 0.2) is 41.2 Å². The second kappa shape index (κ2) is 6.75. The van der Waals surface area contributed by atoms with Crippen molar-refractivity contribution in [2.24, 2.45) is 11.3 Å². The Hall–Kier alpha value is -1.78. The Labute approximate surface area is 163 Å². The third-order valence-corrected chi connectivity index (χ3v) is 5.69. The Morgan fingerprint density at radius 1 is 1.23 bits per heavy atom. The third kappa shape index (κ3) is 3.28. The van der Waals surface area contributed by atoms with Gasteiger partial charge in [0.25, 0.3) is 0 Å². The molecule has 0 bridgehead atoms. The lowest BCUT2D eigenvalue weighted by molar-refractivity contribution is -0.136. The minimum Gasteiger partial charge on any atom is -0.466 e. The summed E-state index contributed by atoms with van der Waals surface area (Å²) in [5, 5.41) is 4.07. The van der Waals surface area contributed by atoms with Crippen molar-refractivity contribution < 1.29 is 14.3 Å². The maximum atomic E-state index is 13.0. The van der Waals surface area contributed by atoms with Crippen molar-refractivity contribution in [2.45, 2.75) is 33.1 Å². The fourth-order valence-corrected chi connectivity index (χ4v) is 4.22. The number of fused-ring (bicyclic) bond motifs is 1. The van der Waals surface area contributed by atoms with Crippen LogP contribution < -0.4 is 5.32 Å². The number of halogens is 2. The van der Waals surface area contributed by atoms with Gasteiger partial charge in [0.1, 0.15) is 5.78 Å². The van der Waals surface area contributed by atoms with Crippen LogP contribution in [0.3, 0.4) is 0 Å². The number of benzene rings is 1. The molecule has 2 unspecified atom stereocenters. The molecule has 1 N–H and O–H groups in total. The smallest absolute Gasteiger partial charge is 0.336 e. The monoisotopic (exact) mass is 393 g/mol. The third-order valence-electron chi connectivity index (χ3n) is 4.95. The van der Waals surface area contributed by atoms with Crippen molar-refractivity contribution in [1.82, 2.24) is 5.32 Å². The van der Waals surface area contributed by atoms with Crippen LogP contribution in [0, 0.1) is 11.3 Å². The molecule has 6 heteroatoms. The second-order valence-electron chi connectivity index (χ2n) is 7.52. The van der Waals surface area contributed by atoms with Gasteiger partial charge in [0, 0.05) is 23.7 Å². The lowest BCUT2D eigenvalue weighted by atomic mass is 9.66. The van der Waals surface area contributed by atoms with E-state index in [2.05, 4.69) is 11.4 Å². The first-order valence-corrected chi connectivity index (χ1v) is 9.17. The Morgan fingerprint density at radius 3 is 2.54 bits per heavy atom. The van der Waals surface area contributed by atoms with Gasteiger partial charge in [-0.05, 0) is 30.0 Å². The zero-order chi connectivity index (χ0) is 19.2. The summed E-state index contributed by atoms with van der Waals surface area (Å²) < 4.78 is 5.00. The van der Waals surface area contributed by atoms with Crippen LogP contribution in [-0.4, -0.2) is 18.9 Å². The number of hydrogen-bond acceptors (Lipinski definition) is 4. The van der Waals surface area contributed by atoms with E-state index >= 15 is 0 Å². The average molecular weight is 394 g/mol. The van der Waals surface area contributed by atoms with Crippen LogP contribution >= 0.6 is 23.2 Å². The molecule has 4 nitrogen and oxygen atoms in total. The van der Waals surface area contributed by atoms with E-state index in [0.717, 1.165) is 11.3 Å². The van der Waals surface area contributed by atoms with E-state index < -0.39 is 17.8 Å². The SMILES string of the molecule is COC(=O)C1=C(C)NC2=CC(C)(C)CC(=O)C2C1c1ccc(Cl)c(Cl)c1. The van der Waals surface area contributed by atoms with E-state index in [4.69, 9.17) is 27.9 Å². The van der Waals surface area contributed by atoms with Gasteiger partial charge in [0.2, 0.25) is 0 Å². The van der Waals surface area contributed by atoms with Gasteiger partial charge in [-0.15, -0.1) is 0 Å². The quantitative estimate of drug-likeness (QED) is 0.744. The van der Waals surface area contributed by atoms with Gasteiger partial charge in [-0.2, -0.15) is 0 Å². The van der Waals surface area contributed by atoms with Crippen LogP contribution in [0.1, 0.15) is 38.7 Å². The van der Waals surface area contributed by atoms with Crippen molar-refractivity contribution >= 4 is 35.0 Å². The molecule has 0 spiro atoms.